The average molecular weight is 738 g/mol. The summed E-state index contributed by atoms with van der Waals surface area (Å²) in [5.41, 5.74) is 15.7. The van der Waals surface area contributed by atoms with Crippen molar-refractivity contribution in [3.63, 3.8) is 0 Å². The zero-order valence-electron chi connectivity index (χ0n) is 34.8. The van der Waals surface area contributed by atoms with E-state index in [-0.39, 0.29) is 16.2 Å². The highest BCUT2D eigenvalue weighted by Gasteiger charge is 2.22. The first-order valence-corrected chi connectivity index (χ1v) is 20.6. The zero-order chi connectivity index (χ0) is 39.6. The predicted octanol–water partition coefficient (Wildman–Crippen LogP) is 16.0. The largest absolute Gasteiger partial charge is 0.308 e. The van der Waals surface area contributed by atoms with E-state index in [2.05, 4.69) is 212 Å². The molecule has 0 saturated carbocycles. The molecule has 1 heteroatoms. The molecule has 8 aromatic carbocycles. The maximum absolute atomic E-state index is 2.55. The van der Waals surface area contributed by atoms with Crippen LogP contribution < -0.4 is 0 Å². The second kappa shape index (κ2) is 12.3. The van der Waals surface area contributed by atoms with Crippen molar-refractivity contribution in [3.8, 4) is 33.4 Å². The fraction of sp³-hybridized carbons (Fsp3) is 0.214. The van der Waals surface area contributed by atoms with E-state index in [0.29, 0.717) is 0 Å². The molecule has 0 atom stereocenters. The van der Waals surface area contributed by atoms with E-state index >= 15 is 0 Å². The van der Waals surface area contributed by atoms with Crippen molar-refractivity contribution in [3.05, 3.63) is 162 Å². The maximum Gasteiger partial charge on any atom is 0.0620 e. The molecule has 0 spiro atoms. The van der Waals surface area contributed by atoms with Crippen molar-refractivity contribution in [1.29, 1.82) is 0 Å². The molecule has 0 unspecified atom stereocenters. The van der Waals surface area contributed by atoms with Gasteiger partial charge in [0.15, 0.2) is 0 Å². The van der Waals surface area contributed by atoms with Crippen LogP contribution >= 0.6 is 0 Å². The normalized spacial score (nSPS) is 13.0. The number of benzene rings is 8. The first-order valence-electron chi connectivity index (χ1n) is 20.6. The average Bonchev–Trinajstić information content (AvgIpc) is 3.68. The molecule has 0 bridgehead atoms. The lowest BCUT2D eigenvalue weighted by Gasteiger charge is -2.19. The van der Waals surface area contributed by atoms with Crippen molar-refractivity contribution in [2.75, 3.05) is 0 Å². The van der Waals surface area contributed by atoms with Gasteiger partial charge in [-0.3, -0.25) is 0 Å². The van der Waals surface area contributed by atoms with E-state index < -0.39 is 0 Å². The SMILES string of the molecule is CC(C)(C)c1ccc(-c2ccc3cc4c5cc(-c6ccc(C(C)(C)C)cc6)cc6c7cc8ccc(-c9ccc(C(C)(C)C)cc9)cc8cc7n(c4cc3c2)c56)cc1. The van der Waals surface area contributed by atoms with Crippen LogP contribution in [-0.2, 0) is 16.2 Å². The summed E-state index contributed by atoms with van der Waals surface area (Å²) < 4.78 is 2.55. The third kappa shape index (κ3) is 5.90. The summed E-state index contributed by atoms with van der Waals surface area (Å²) in [7, 11) is 0. The molecule has 0 saturated heterocycles. The second-order valence-electron chi connectivity index (χ2n) is 19.6. The molecule has 1 nitrogen and oxygen atoms in total. The number of hydrogen-bond acceptors (Lipinski definition) is 0. The highest BCUT2D eigenvalue weighted by molar-refractivity contribution is 6.27. The van der Waals surface area contributed by atoms with Crippen molar-refractivity contribution in [2.45, 2.75) is 78.6 Å². The lowest BCUT2D eigenvalue weighted by atomic mass is 9.86. The molecule has 0 aliphatic rings. The Labute approximate surface area is 336 Å². The van der Waals surface area contributed by atoms with Gasteiger partial charge in [-0.2, -0.15) is 0 Å². The Morgan fingerprint density at radius 2 is 0.614 bits per heavy atom. The lowest BCUT2D eigenvalue weighted by molar-refractivity contribution is 0.590. The van der Waals surface area contributed by atoms with Crippen LogP contribution in [0.15, 0.2) is 146 Å². The van der Waals surface area contributed by atoms with Gasteiger partial charge in [0.1, 0.15) is 0 Å². The molecule has 10 rings (SSSR count). The minimum atomic E-state index is 0.108. The molecule has 280 valence electrons. The predicted molar refractivity (Wildman–Crippen MR) is 249 cm³/mol. The molecule has 0 N–H and O–H groups in total. The Balaban J connectivity index is 1.21. The Kier molecular flexibility index (Phi) is 7.65. The minimum absolute atomic E-state index is 0.108. The first kappa shape index (κ1) is 35.5. The van der Waals surface area contributed by atoms with Crippen LogP contribution in [0.3, 0.4) is 0 Å². The highest BCUT2D eigenvalue weighted by atomic mass is 14.9. The van der Waals surface area contributed by atoms with Gasteiger partial charge in [-0.1, -0.05) is 159 Å². The lowest BCUT2D eigenvalue weighted by Crippen LogP contribution is -2.10. The molecule has 2 heterocycles. The summed E-state index contributed by atoms with van der Waals surface area (Å²) in [5.74, 6) is 0. The van der Waals surface area contributed by atoms with Gasteiger partial charge in [0.2, 0.25) is 0 Å². The van der Waals surface area contributed by atoms with E-state index in [1.807, 2.05) is 0 Å². The van der Waals surface area contributed by atoms with Crippen molar-refractivity contribution < 1.29 is 0 Å². The van der Waals surface area contributed by atoms with E-state index in [4.69, 9.17) is 0 Å². The smallest absolute Gasteiger partial charge is 0.0620 e. The Morgan fingerprint density at radius 1 is 0.281 bits per heavy atom. The molecule has 0 aliphatic carbocycles. The van der Waals surface area contributed by atoms with Gasteiger partial charge in [0.25, 0.3) is 0 Å². The number of hydrogen-bond donors (Lipinski definition) is 0. The summed E-state index contributed by atoms with van der Waals surface area (Å²) in [6, 6.07) is 56.0. The third-order valence-corrected chi connectivity index (χ3v) is 12.6. The van der Waals surface area contributed by atoms with Gasteiger partial charge in [-0.05, 0) is 136 Å². The summed E-state index contributed by atoms with van der Waals surface area (Å²) >= 11 is 0. The first-order chi connectivity index (χ1) is 27.1. The van der Waals surface area contributed by atoms with Crippen LogP contribution in [-0.4, -0.2) is 4.40 Å². The van der Waals surface area contributed by atoms with Crippen molar-refractivity contribution >= 4 is 59.6 Å². The van der Waals surface area contributed by atoms with E-state index in [1.54, 1.807) is 0 Å². The highest BCUT2D eigenvalue weighted by Crippen LogP contribution is 2.45. The van der Waals surface area contributed by atoms with E-state index in [9.17, 15) is 0 Å². The number of fused-ring (bicyclic) bond motifs is 8. The fourth-order valence-electron chi connectivity index (χ4n) is 9.04. The van der Waals surface area contributed by atoms with Gasteiger partial charge < -0.3 is 4.40 Å². The van der Waals surface area contributed by atoms with Crippen LogP contribution in [0, 0.1) is 0 Å². The van der Waals surface area contributed by atoms with Gasteiger partial charge in [0.05, 0.1) is 16.6 Å². The summed E-state index contributed by atoms with van der Waals surface area (Å²) in [6.45, 7) is 20.5. The fourth-order valence-corrected chi connectivity index (χ4v) is 9.04. The van der Waals surface area contributed by atoms with Gasteiger partial charge in [0, 0.05) is 21.5 Å². The summed E-state index contributed by atoms with van der Waals surface area (Å²) in [6.07, 6.45) is 0. The van der Waals surface area contributed by atoms with Gasteiger partial charge in [-0.25, -0.2) is 0 Å². The Bertz CT molecular complexity index is 2980. The van der Waals surface area contributed by atoms with Gasteiger partial charge >= 0.3 is 0 Å². The standard InChI is InChI=1S/C56H51N/c1-54(2,3)44-20-14-34(15-21-44)37-10-12-39-28-47-49-30-43(36-18-24-46(25-19-36)56(7,8)9)31-50-48-29-40-13-11-38(35-16-22-45(23-17-35)55(4,5)6)27-42(40)33-52(48)57(53(49)50)51(47)32-41(39)26-37/h10-33H,1-9H3. The van der Waals surface area contributed by atoms with E-state index in [1.165, 1.54) is 110 Å². The Hall–Kier alpha value is -5.92. The Morgan fingerprint density at radius 3 is 0.965 bits per heavy atom. The molecule has 0 amide bonds. The van der Waals surface area contributed by atoms with Crippen molar-refractivity contribution in [2.24, 2.45) is 0 Å². The molecule has 0 fully saturated rings. The van der Waals surface area contributed by atoms with Crippen LogP contribution in [0.25, 0.3) is 93.0 Å². The second-order valence-corrected chi connectivity index (χ2v) is 19.6. The van der Waals surface area contributed by atoms with Crippen LogP contribution in [0.5, 0.6) is 0 Å². The maximum atomic E-state index is 2.55. The van der Waals surface area contributed by atoms with Gasteiger partial charge in [-0.15, -0.1) is 0 Å². The summed E-state index contributed by atoms with van der Waals surface area (Å²) in [5, 5.41) is 10.3. The minimum Gasteiger partial charge on any atom is -0.308 e. The zero-order valence-corrected chi connectivity index (χ0v) is 34.8. The van der Waals surface area contributed by atoms with Crippen LogP contribution in [0.1, 0.15) is 79.0 Å². The summed E-state index contributed by atoms with van der Waals surface area (Å²) in [4.78, 5) is 0. The quantitative estimate of drug-likeness (QED) is 0.170. The number of aromatic nitrogens is 1. The molecular weight excluding hydrogens is 687 g/mol. The monoisotopic (exact) mass is 737 g/mol. The number of nitrogens with zero attached hydrogens (tertiary/aromatic N) is 1. The molecule has 57 heavy (non-hydrogen) atoms. The molecular formula is C56H51N. The molecule has 0 radical (unpaired) electrons. The topological polar surface area (TPSA) is 4.41 Å². The van der Waals surface area contributed by atoms with Crippen molar-refractivity contribution in [1.82, 2.24) is 4.40 Å². The molecule has 2 aromatic heterocycles. The van der Waals surface area contributed by atoms with Crippen LogP contribution in [0.2, 0.25) is 0 Å². The van der Waals surface area contributed by atoms with Crippen LogP contribution in [0.4, 0.5) is 0 Å². The van der Waals surface area contributed by atoms with E-state index in [0.717, 1.165) is 0 Å². The third-order valence-electron chi connectivity index (χ3n) is 12.6. The molecule has 10 aromatic rings. The molecule has 0 aliphatic heterocycles. The number of rotatable bonds is 3.